The van der Waals surface area contributed by atoms with E-state index in [1.807, 2.05) is 0 Å². The van der Waals surface area contributed by atoms with Crippen molar-refractivity contribution in [1.29, 1.82) is 0 Å². The molecule has 1 aromatic rings. The van der Waals surface area contributed by atoms with Crippen molar-refractivity contribution in [2.75, 3.05) is 5.32 Å². The van der Waals surface area contributed by atoms with E-state index in [0.717, 1.165) is 0 Å². The van der Waals surface area contributed by atoms with E-state index >= 15 is 0 Å². The van der Waals surface area contributed by atoms with Crippen molar-refractivity contribution >= 4 is 11.9 Å². The Kier molecular flexibility index (Phi) is 2.65. The molecule has 1 heterocycles. The average Bonchev–Trinajstić information content (AvgIpc) is 2.06. The zero-order chi connectivity index (χ0) is 8.97. The van der Waals surface area contributed by atoms with Crippen LogP contribution in [0.4, 0.5) is 5.95 Å². The monoisotopic (exact) mass is 167 g/mol. The van der Waals surface area contributed by atoms with Crippen molar-refractivity contribution < 1.29 is 4.79 Å². The maximum atomic E-state index is 11.0. The Labute approximate surface area is 69.2 Å². The molecule has 0 aliphatic heterocycles. The van der Waals surface area contributed by atoms with Gasteiger partial charge in [-0.1, -0.05) is 0 Å². The van der Waals surface area contributed by atoms with Gasteiger partial charge in [0.1, 0.15) is 0 Å². The first-order valence-corrected chi connectivity index (χ1v) is 3.40. The summed E-state index contributed by atoms with van der Waals surface area (Å²) in [4.78, 5) is 14.7. The number of carbonyl (C=O) groups excluding carboxylic acids is 1. The van der Waals surface area contributed by atoms with Crippen LogP contribution >= 0.6 is 0 Å². The molecule has 1 rings (SSSR count). The van der Waals surface area contributed by atoms with Crippen LogP contribution in [0.1, 0.15) is 6.92 Å². The average molecular weight is 167 g/mol. The fraction of sp³-hybridized carbons (Fsp3) is 0.333. The Hall–Kier alpha value is -1.56. The molecular weight excluding hydrogens is 158 g/mol. The summed E-state index contributed by atoms with van der Waals surface area (Å²) < 4.78 is 0. The van der Waals surface area contributed by atoms with Crippen LogP contribution in [0.5, 0.6) is 0 Å². The molecular formula is C6H9N5O. The second-order valence-corrected chi connectivity index (χ2v) is 2.24. The summed E-state index contributed by atoms with van der Waals surface area (Å²) in [5.41, 5.74) is 5.30. The van der Waals surface area contributed by atoms with Gasteiger partial charge in [-0.2, -0.15) is 5.10 Å². The largest absolute Gasteiger partial charge is 0.320 e. The zero-order valence-electron chi connectivity index (χ0n) is 6.56. The lowest BCUT2D eigenvalue weighted by Gasteiger charge is -2.03. The van der Waals surface area contributed by atoms with Gasteiger partial charge in [0.15, 0.2) is 0 Å². The normalized spacial score (nSPS) is 12.2. The van der Waals surface area contributed by atoms with Crippen molar-refractivity contribution in [2.24, 2.45) is 5.73 Å². The smallest absolute Gasteiger partial charge is 0.249 e. The molecule has 0 aliphatic rings. The zero-order valence-corrected chi connectivity index (χ0v) is 6.56. The molecule has 64 valence electrons. The number of hydrogen-bond donors (Lipinski definition) is 2. The van der Waals surface area contributed by atoms with Crippen molar-refractivity contribution in [3.05, 3.63) is 12.4 Å². The first kappa shape index (κ1) is 8.54. The fourth-order valence-electron chi connectivity index (χ4n) is 0.529. The third-order valence-electron chi connectivity index (χ3n) is 1.13. The Morgan fingerprint density at radius 2 is 2.42 bits per heavy atom. The number of aromatic nitrogens is 3. The molecule has 0 saturated carbocycles. The molecule has 0 aliphatic carbocycles. The Morgan fingerprint density at radius 1 is 1.67 bits per heavy atom. The van der Waals surface area contributed by atoms with Gasteiger partial charge in [-0.15, -0.1) is 5.10 Å². The Morgan fingerprint density at radius 3 is 2.92 bits per heavy atom. The summed E-state index contributed by atoms with van der Waals surface area (Å²) in [6.07, 6.45) is 2.85. The number of hydrogen-bond acceptors (Lipinski definition) is 5. The van der Waals surface area contributed by atoms with Crippen LogP contribution in [0.3, 0.4) is 0 Å². The maximum absolute atomic E-state index is 11.0. The lowest BCUT2D eigenvalue weighted by molar-refractivity contribution is -0.117. The molecule has 0 aromatic carbocycles. The van der Waals surface area contributed by atoms with Crippen molar-refractivity contribution in [3.63, 3.8) is 0 Å². The highest BCUT2D eigenvalue weighted by Gasteiger charge is 2.08. The van der Waals surface area contributed by atoms with E-state index in [0.29, 0.717) is 0 Å². The summed E-state index contributed by atoms with van der Waals surface area (Å²) in [6.45, 7) is 1.58. The van der Waals surface area contributed by atoms with E-state index in [1.165, 1.54) is 12.4 Å². The number of nitrogens with zero attached hydrogens (tertiary/aromatic N) is 3. The van der Waals surface area contributed by atoms with Gasteiger partial charge in [0.25, 0.3) is 0 Å². The molecule has 0 spiro atoms. The van der Waals surface area contributed by atoms with Gasteiger partial charge in [-0.3, -0.25) is 10.1 Å². The van der Waals surface area contributed by atoms with Crippen LogP contribution in [0.25, 0.3) is 0 Å². The first-order chi connectivity index (χ1) is 5.70. The van der Waals surface area contributed by atoms with Crippen molar-refractivity contribution in [2.45, 2.75) is 13.0 Å². The molecule has 1 atom stereocenters. The first-order valence-electron chi connectivity index (χ1n) is 3.40. The topological polar surface area (TPSA) is 93.8 Å². The number of nitrogens with one attached hydrogen (secondary N) is 1. The van der Waals surface area contributed by atoms with E-state index in [9.17, 15) is 4.79 Å². The van der Waals surface area contributed by atoms with Gasteiger partial charge in [0.05, 0.1) is 18.4 Å². The van der Waals surface area contributed by atoms with Gasteiger partial charge in [0.2, 0.25) is 11.9 Å². The van der Waals surface area contributed by atoms with Crippen molar-refractivity contribution in [1.82, 2.24) is 15.2 Å². The van der Waals surface area contributed by atoms with Gasteiger partial charge in [-0.25, -0.2) is 4.98 Å². The van der Waals surface area contributed by atoms with E-state index in [4.69, 9.17) is 5.73 Å². The lowest BCUT2D eigenvalue weighted by atomic mass is 10.3. The minimum atomic E-state index is -0.575. The maximum Gasteiger partial charge on any atom is 0.249 e. The second kappa shape index (κ2) is 3.72. The Bertz CT molecular complexity index is 260. The highest BCUT2D eigenvalue weighted by molar-refractivity contribution is 5.92. The fourth-order valence-corrected chi connectivity index (χ4v) is 0.529. The molecule has 1 aromatic heterocycles. The lowest BCUT2D eigenvalue weighted by Crippen LogP contribution is -2.33. The summed E-state index contributed by atoms with van der Waals surface area (Å²) >= 11 is 0. The number of rotatable bonds is 2. The van der Waals surface area contributed by atoms with E-state index in [2.05, 4.69) is 20.5 Å². The SMILES string of the molecule is CC(N)C(=O)Nc1nccnn1. The van der Waals surface area contributed by atoms with Gasteiger partial charge in [0, 0.05) is 0 Å². The summed E-state index contributed by atoms with van der Waals surface area (Å²) in [5, 5.41) is 9.47. The second-order valence-electron chi connectivity index (χ2n) is 2.24. The summed E-state index contributed by atoms with van der Waals surface area (Å²) in [7, 11) is 0. The number of nitrogens with two attached hydrogens (primary N) is 1. The third kappa shape index (κ3) is 2.24. The predicted octanol–water partition coefficient (Wildman–Crippen LogP) is -0.843. The van der Waals surface area contributed by atoms with Crippen LogP contribution in [0, 0.1) is 0 Å². The van der Waals surface area contributed by atoms with Gasteiger partial charge >= 0.3 is 0 Å². The van der Waals surface area contributed by atoms with Crippen molar-refractivity contribution in [3.8, 4) is 0 Å². The van der Waals surface area contributed by atoms with Crippen LogP contribution in [-0.4, -0.2) is 27.1 Å². The third-order valence-corrected chi connectivity index (χ3v) is 1.13. The van der Waals surface area contributed by atoms with Gasteiger partial charge in [-0.05, 0) is 6.92 Å². The van der Waals surface area contributed by atoms with Crippen LogP contribution in [0.2, 0.25) is 0 Å². The highest BCUT2D eigenvalue weighted by Crippen LogP contribution is 1.92. The Balaban J connectivity index is 2.59. The molecule has 0 fully saturated rings. The predicted molar refractivity (Wildman–Crippen MR) is 42.1 cm³/mol. The molecule has 3 N–H and O–H groups in total. The molecule has 12 heavy (non-hydrogen) atoms. The summed E-state index contributed by atoms with van der Waals surface area (Å²) in [5.74, 6) is -0.164. The molecule has 1 amide bonds. The minimum absolute atomic E-state index is 0.166. The number of anilines is 1. The molecule has 6 nitrogen and oxygen atoms in total. The molecule has 0 bridgehead atoms. The molecule has 0 saturated heterocycles. The molecule has 6 heteroatoms. The number of carbonyl (C=O) groups is 1. The minimum Gasteiger partial charge on any atom is -0.320 e. The van der Waals surface area contributed by atoms with E-state index in [1.54, 1.807) is 6.92 Å². The van der Waals surface area contributed by atoms with Crippen LogP contribution < -0.4 is 11.1 Å². The molecule has 0 radical (unpaired) electrons. The highest BCUT2D eigenvalue weighted by atomic mass is 16.2. The van der Waals surface area contributed by atoms with Crippen LogP contribution in [-0.2, 0) is 4.79 Å². The van der Waals surface area contributed by atoms with E-state index < -0.39 is 6.04 Å². The quantitative estimate of drug-likeness (QED) is 0.598. The van der Waals surface area contributed by atoms with E-state index in [-0.39, 0.29) is 11.9 Å². The van der Waals surface area contributed by atoms with Gasteiger partial charge < -0.3 is 5.73 Å². The summed E-state index contributed by atoms with van der Waals surface area (Å²) in [6, 6.07) is -0.575. The standard InChI is InChI=1S/C6H9N5O/c1-4(7)5(12)10-6-8-2-3-9-11-6/h2-4H,7H2,1H3,(H,8,10,11,12). The van der Waals surface area contributed by atoms with Crippen LogP contribution in [0.15, 0.2) is 12.4 Å². The number of amides is 1. The molecule has 1 unspecified atom stereocenters.